The molecule has 1 saturated carbocycles. The third-order valence-corrected chi connectivity index (χ3v) is 4.90. The highest BCUT2D eigenvalue weighted by Gasteiger charge is 2.13. The number of hydrogen-bond donors (Lipinski definition) is 2. The van der Waals surface area contributed by atoms with Crippen molar-refractivity contribution in [1.82, 2.24) is 5.43 Å². The highest BCUT2D eigenvalue weighted by Crippen LogP contribution is 2.21. The Hall–Kier alpha value is -0.140. The van der Waals surface area contributed by atoms with Gasteiger partial charge in [0.15, 0.2) is 0 Å². The lowest BCUT2D eigenvalue weighted by Gasteiger charge is -2.11. The maximum absolute atomic E-state index is 5.59. The number of rotatable bonds is 2. The number of hydrazine groups is 1. The summed E-state index contributed by atoms with van der Waals surface area (Å²) in [5.74, 6) is 6.44. The molecule has 0 atom stereocenters. The van der Waals surface area contributed by atoms with Crippen molar-refractivity contribution in [3.8, 4) is 0 Å². The normalized spacial score (nSPS) is 19.1. The third kappa shape index (κ3) is 3.93. The van der Waals surface area contributed by atoms with E-state index in [0.29, 0.717) is 6.04 Å². The number of thiophene rings is 1. The lowest BCUT2D eigenvalue weighted by atomic mass is 10.1. The van der Waals surface area contributed by atoms with Gasteiger partial charge < -0.3 is 5.43 Å². The molecule has 3 nitrogen and oxygen atoms in total. The molecule has 1 aliphatic carbocycles. The molecule has 0 spiro atoms. The third-order valence-electron chi connectivity index (χ3n) is 3.11. The number of nitrogens with two attached hydrogens (primary N) is 1. The summed E-state index contributed by atoms with van der Waals surface area (Å²) in [6.07, 6.45) is 7.71. The Morgan fingerprint density at radius 3 is 2.59 bits per heavy atom. The predicted octanol–water partition coefficient (Wildman–Crippen LogP) is 3.29. The second kappa shape index (κ2) is 6.70. The van der Waals surface area contributed by atoms with E-state index in [9.17, 15) is 0 Å². The van der Waals surface area contributed by atoms with Gasteiger partial charge in [-0.2, -0.15) is 0 Å². The average molecular weight is 363 g/mol. The zero-order valence-corrected chi connectivity index (χ0v) is 12.8. The van der Waals surface area contributed by atoms with Crippen LogP contribution < -0.4 is 11.3 Å². The molecule has 0 unspecified atom stereocenters. The van der Waals surface area contributed by atoms with Gasteiger partial charge >= 0.3 is 0 Å². The molecule has 0 saturated heterocycles. The molecule has 1 aliphatic rings. The van der Waals surface area contributed by atoms with E-state index in [1.165, 1.54) is 41.4 Å². The molecule has 1 aromatic heterocycles. The molecule has 0 bridgehead atoms. The van der Waals surface area contributed by atoms with E-state index in [2.05, 4.69) is 39.5 Å². The van der Waals surface area contributed by atoms with Gasteiger partial charge in [-0.3, -0.25) is 4.99 Å². The molecule has 5 heteroatoms. The van der Waals surface area contributed by atoms with E-state index in [4.69, 9.17) is 10.8 Å². The Balaban J connectivity index is 2.10. The highest BCUT2D eigenvalue weighted by atomic mass is 127. The van der Waals surface area contributed by atoms with Gasteiger partial charge in [0.05, 0.1) is 8.93 Å². The topological polar surface area (TPSA) is 50.4 Å². The number of amidine groups is 1. The van der Waals surface area contributed by atoms with Crippen molar-refractivity contribution in [3.63, 3.8) is 0 Å². The van der Waals surface area contributed by atoms with Crippen molar-refractivity contribution in [2.24, 2.45) is 10.8 Å². The molecule has 0 radical (unpaired) electrons. The SMILES string of the molecule is NNC(=NC1CCCCCC1)c1csc(I)c1. The molecule has 1 fully saturated rings. The fourth-order valence-corrected chi connectivity index (χ4v) is 3.53. The van der Waals surface area contributed by atoms with Crippen molar-refractivity contribution < 1.29 is 0 Å². The molecule has 0 aromatic carbocycles. The number of nitrogens with one attached hydrogen (secondary N) is 1. The summed E-state index contributed by atoms with van der Waals surface area (Å²) in [5, 5.41) is 2.11. The first kappa shape index (κ1) is 13.3. The molecular formula is C12H18IN3S. The molecule has 1 aromatic rings. The Morgan fingerprint density at radius 1 is 1.35 bits per heavy atom. The first-order chi connectivity index (χ1) is 8.29. The minimum absolute atomic E-state index is 0.445. The highest BCUT2D eigenvalue weighted by molar-refractivity contribution is 14.1. The maximum atomic E-state index is 5.59. The first-order valence-corrected chi connectivity index (χ1v) is 8.04. The van der Waals surface area contributed by atoms with Gasteiger partial charge in [0, 0.05) is 10.9 Å². The van der Waals surface area contributed by atoms with Gasteiger partial charge in [0.2, 0.25) is 0 Å². The number of nitrogens with zero attached hydrogens (tertiary/aromatic N) is 1. The van der Waals surface area contributed by atoms with Gasteiger partial charge in [-0.25, -0.2) is 5.84 Å². The Morgan fingerprint density at radius 2 is 2.06 bits per heavy atom. The fourth-order valence-electron chi connectivity index (χ4n) is 2.20. The minimum atomic E-state index is 0.445. The predicted molar refractivity (Wildman–Crippen MR) is 82.4 cm³/mol. The maximum Gasteiger partial charge on any atom is 0.143 e. The minimum Gasteiger partial charge on any atom is -0.308 e. The van der Waals surface area contributed by atoms with Crippen LogP contribution in [0.4, 0.5) is 0 Å². The standard InChI is InChI=1S/C12H18IN3S/c13-11-7-9(8-17-11)12(16-14)15-10-5-3-1-2-4-6-10/h7-8,10H,1-6,14H2,(H,15,16). The van der Waals surface area contributed by atoms with Crippen molar-refractivity contribution >= 4 is 39.8 Å². The monoisotopic (exact) mass is 363 g/mol. The molecule has 94 valence electrons. The first-order valence-electron chi connectivity index (χ1n) is 6.08. The van der Waals surface area contributed by atoms with E-state index in [1.807, 2.05) is 0 Å². The van der Waals surface area contributed by atoms with E-state index in [0.717, 1.165) is 11.4 Å². The Bertz CT molecular complexity index is 381. The Labute approximate surface area is 120 Å². The van der Waals surface area contributed by atoms with Crippen LogP contribution in [0, 0.1) is 2.88 Å². The van der Waals surface area contributed by atoms with Gasteiger partial charge in [0.25, 0.3) is 0 Å². The molecule has 1 heterocycles. The van der Waals surface area contributed by atoms with Crippen molar-refractivity contribution in [2.45, 2.75) is 44.6 Å². The van der Waals surface area contributed by atoms with Crippen LogP contribution in [0.3, 0.4) is 0 Å². The second-order valence-corrected chi connectivity index (χ2v) is 7.21. The van der Waals surface area contributed by atoms with Crippen LogP contribution in [0.15, 0.2) is 16.4 Å². The number of aliphatic imine (C=N–C) groups is 1. The smallest absolute Gasteiger partial charge is 0.143 e. The van der Waals surface area contributed by atoms with Crippen LogP contribution in [-0.2, 0) is 0 Å². The molecule has 2 rings (SSSR count). The quantitative estimate of drug-likeness (QED) is 0.212. The molecule has 0 amide bonds. The summed E-state index contributed by atoms with van der Waals surface area (Å²) >= 11 is 4.05. The Kier molecular flexibility index (Phi) is 5.24. The zero-order chi connectivity index (χ0) is 12.1. The van der Waals surface area contributed by atoms with E-state index in [-0.39, 0.29) is 0 Å². The van der Waals surface area contributed by atoms with Crippen LogP contribution in [0.25, 0.3) is 0 Å². The molecular weight excluding hydrogens is 345 g/mol. The number of halogens is 1. The van der Waals surface area contributed by atoms with Crippen LogP contribution in [-0.4, -0.2) is 11.9 Å². The zero-order valence-electron chi connectivity index (χ0n) is 9.79. The van der Waals surface area contributed by atoms with Gasteiger partial charge in [-0.05, 0) is 41.5 Å². The van der Waals surface area contributed by atoms with Crippen LogP contribution >= 0.6 is 33.9 Å². The number of hydrogen-bond acceptors (Lipinski definition) is 3. The summed E-state index contributed by atoms with van der Waals surface area (Å²) in [7, 11) is 0. The van der Waals surface area contributed by atoms with Crippen molar-refractivity contribution in [2.75, 3.05) is 0 Å². The van der Waals surface area contributed by atoms with E-state index in [1.54, 1.807) is 11.3 Å². The largest absolute Gasteiger partial charge is 0.308 e. The summed E-state index contributed by atoms with van der Waals surface area (Å²) in [6.45, 7) is 0. The van der Waals surface area contributed by atoms with Gasteiger partial charge in [0.1, 0.15) is 5.84 Å². The van der Waals surface area contributed by atoms with Crippen molar-refractivity contribution in [3.05, 3.63) is 19.9 Å². The fraction of sp³-hybridized carbons (Fsp3) is 0.583. The van der Waals surface area contributed by atoms with Crippen LogP contribution in [0.2, 0.25) is 0 Å². The summed E-state index contributed by atoms with van der Waals surface area (Å²) in [4.78, 5) is 4.78. The molecule has 3 N–H and O–H groups in total. The van der Waals surface area contributed by atoms with Gasteiger partial charge in [-0.1, -0.05) is 25.7 Å². The molecule has 17 heavy (non-hydrogen) atoms. The summed E-state index contributed by atoms with van der Waals surface area (Å²) in [6, 6.07) is 2.57. The lowest BCUT2D eigenvalue weighted by Crippen LogP contribution is -2.32. The summed E-state index contributed by atoms with van der Waals surface area (Å²) < 4.78 is 1.27. The van der Waals surface area contributed by atoms with Crippen molar-refractivity contribution in [1.29, 1.82) is 0 Å². The second-order valence-electron chi connectivity index (χ2n) is 4.41. The van der Waals surface area contributed by atoms with Crippen LogP contribution in [0.1, 0.15) is 44.1 Å². The van der Waals surface area contributed by atoms with E-state index >= 15 is 0 Å². The van der Waals surface area contributed by atoms with E-state index < -0.39 is 0 Å². The molecule has 0 aliphatic heterocycles. The van der Waals surface area contributed by atoms with Crippen LogP contribution in [0.5, 0.6) is 0 Å². The van der Waals surface area contributed by atoms with Gasteiger partial charge in [-0.15, -0.1) is 11.3 Å². The summed E-state index contributed by atoms with van der Waals surface area (Å²) in [5.41, 5.74) is 3.87. The lowest BCUT2D eigenvalue weighted by molar-refractivity contribution is 0.583. The average Bonchev–Trinajstić information content (AvgIpc) is 2.62.